The third kappa shape index (κ3) is 2.43. The van der Waals surface area contributed by atoms with Crippen LogP contribution in [0.15, 0.2) is 6.20 Å². The van der Waals surface area contributed by atoms with Gasteiger partial charge in [-0.25, -0.2) is 13.6 Å². The Hall–Kier alpha value is -1.92. The van der Waals surface area contributed by atoms with Crippen molar-refractivity contribution in [3.63, 3.8) is 0 Å². The van der Waals surface area contributed by atoms with E-state index in [1.165, 1.54) is 14.2 Å². The van der Waals surface area contributed by atoms with Gasteiger partial charge in [0.25, 0.3) is 6.43 Å². The van der Waals surface area contributed by atoms with E-state index < -0.39 is 18.1 Å². The molecule has 1 aromatic rings. The zero-order chi connectivity index (χ0) is 13.0. The number of pyridine rings is 1. The summed E-state index contributed by atoms with van der Waals surface area (Å²) in [5, 5.41) is 0. The molecule has 0 radical (unpaired) electrons. The minimum absolute atomic E-state index is 0.0729. The smallest absolute Gasteiger partial charge is 0.343 e. The van der Waals surface area contributed by atoms with E-state index in [-0.39, 0.29) is 17.1 Å². The molecule has 0 bridgehead atoms. The van der Waals surface area contributed by atoms with Crippen LogP contribution < -0.4 is 9.47 Å². The monoisotopic (exact) mass is 247 g/mol. The lowest BCUT2D eigenvalue weighted by molar-refractivity contribution is 0.0594. The van der Waals surface area contributed by atoms with E-state index in [9.17, 15) is 13.6 Å². The van der Waals surface area contributed by atoms with Crippen LogP contribution in [0.3, 0.4) is 0 Å². The van der Waals surface area contributed by atoms with E-state index in [4.69, 9.17) is 9.47 Å². The Morgan fingerprint density at radius 1 is 1.24 bits per heavy atom. The third-order valence-electron chi connectivity index (χ3n) is 2.04. The summed E-state index contributed by atoms with van der Waals surface area (Å²) in [7, 11) is 3.58. The zero-order valence-corrected chi connectivity index (χ0v) is 9.49. The lowest BCUT2D eigenvalue weighted by Crippen LogP contribution is -2.08. The zero-order valence-electron chi connectivity index (χ0n) is 9.49. The summed E-state index contributed by atoms with van der Waals surface area (Å²) in [4.78, 5) is 14.8. The van der Waals surface area contributed by atoms with Crippen molar-refractivity contribution in [1.29, 1.82) is 0 Å². The fourth-order valence-corrected chi connectivity index (χ4v) is 1.30. The minimum atomic E-state index is -2.83. The first-order valence-corrected chi connectivity index (χ1v) is 4.54. The van der Waals surface area contributed by atoms with E-state index >= 15 is 0 Å². The largest absolute Gasteiger partial charge is 0.492 e. The van der Waals surface area contributed by atoms with Gasteiger partial charge in [-0.2, -0.15) is 0 Å². The predicted molar refractivity (Wildman–Crippen MR) is 53.6 cm³/mol. The van der Waals surface area contributed by atoms with Crippen LogP contribution in [0, 0.1) is 0 Å². The normalized spacial score (nSPS) is 10.2. The van der Waals surface area contributed by atoms with Crippen molar-refractivity contribution in [3.05, 3.63) is 17.5 Å². The Morgan fingerprint density at radius 3 is 2.24 bits per heavy atom. The SMILES string of the molecule is COC(=O)c1cnc(C(F)F)c(OC)c1OC. The van der Waals surface area contributed by atoms with Crippen molar-refractivity contribution in [1.82, 2.24) is 4.98 Å². The molecule has 0 N–H and O–H groups in total. The van der Waals surface area contributed by atoms with E-state index in [2.05, 4.69) is 9.72 Å². The maximum Gasteiger partial charge on any atom is 0.343 e. The van der Waals surface area contributed by atoms with Gasteiger partial charge in [0.1, 0.15) is 5.56 Å². The van der Waals surface area contributed by atoms with Gasteiger partial charge in [0.2, 0.25) is 0 Å². The van der Waals surface area contributed by atoms with Crippen molar-refractivity contribution < 1.29 is 27.8 Å². The molecule has 1 rings (SSSR count). The second-order valence-electron chi connectivity index (χ2n) is 2.92. The number of alkyl halides is 2. The number of ether oxygens (including phenoxy) is 3. The first kappa shape index (κ1) is 13.1. The van der Waals surface area contributed by atoms with E-state index in [0.29, 0.717) is 0 Å². The molecule has 0 saturated heterocycles. The van der Waals surface area contributed by atoms with Crippen molar-refractivity contribution in [3.8, 4) is 11.5 Å². The number of halogens is 2. The molecule has 0 spiro atoms. The molecule has 94 valence electrons. The summed E-state index contributed by atoms with van der Waals surface area (Å²) in [5.74, 6) is -1.14. The number of nitrogens with zero attached hydrogens (tertiary/aromatic N) is 1. The summed E-state index contributed by atoms with van der Waals surface area (Å²) in [5.41, 5.74) is -0.659. The summed E-state index contributed by atoms with van der Waals surface area (Å²) in [6, 6.07) is 0. The number of hydrogen-bond donors (Lipinski definition) is 0. The average Bonchev–Trinajstić information content (AvgIpc) is 2.35. The van der Waals surface area contributed by atoms with Gasteiger partial charge in [0.15, 0.2) is 17.2 Å². The van der Waals surface area contributed by atoms with E-state index in [1.807, 2.05) is 0 Å². The molecule has 5 nitrogen and oxygen atoms in total. The van der Waals surface area contributed by atoms with Crippen LogP contribution >= 0.6 is 0 Å². The minimum Gasteiger partial charge on any atom is -0.492 e. The fraction of sp³-hybridized carbons (Fsp3) is 0.400. The number of hydrogen-bond acceptors (Lipinski definition) is 5. The molecule has 0 aliphatic heterocycles. The van der Waals surface area contributed by atoms with E-state index in [0.717, 1.165) is 13.3 Å². The molecule has 0 aliphatic carbocycles. The van der Waals surface area contributed by atoms with Gasteiger partial charge in [-0.05, 0) is 0 Å². The summed E-state index contributed by atoms with van der Waals surface area (Å²) >= 11 is 0. The molecule has 0 amide bonds. The molecule has 1 heterocycles. The standard InChI is InChI=1S/C10H11F2NO4/c1-15-7-5(10(14)17-3)4-13-6(9(11)12)8(7)16-2/h4,9H,1-3H3. The average molecular weight is 247 g/mol. The number of carbonyl (C=O) groups is 1. The molecule has 1 aromatic heterocycles. The van der Waals surface area contributed by atoms with Crippen LogP contribution in [-0.4, -0.2) is 32.3 Å². The predicted octanol–water partition coefficient (Wildman–Crippen LogP) is 1.82. The van der Waals surface area contributed by atoms with Crippen LogP contribution in [0.5, 0.6) is 11.5 Å². The summed E-state index contributed by atoms with van der Waals surface area (Å²) in [6.07, 6.45) is -1.86. The molecule has 0 unspecified atom stereocenters. The number of rotatable bonds is 4. The molecule has 0 atom stereocenters. The molecule has 0 saturated carbocycles. The Labute approximate surface area is 96.3 Å². The molecule has 0 aliphatic rings. The Kier molecular flexibility index (Phi) is 4.19. The molecule has 0 aromatic carbocycles. The highest BCUT2D eigenvalue weighted by atomic mass is 19.3. The van der Waals surface area contributed by atoms with Crippen molar-refractivity contribution in [2.75, 3.05) is 21.3 Å². The number of methoxy groups -OCH3 is 3. The molecule has 7 heteroatoms. The Balaban J connectivity index is 3.42. The number of carbonyl (C=O) groups excluding carboxylic acids is 1. The summed E-state index contributed by atoms with van der Waals surface area (Å²) < 4.78 is 39.4. The van der Waals surface area contributed by atoms with Gasteiger partial charge in [0, 0.05) is 6.20 Å². The number of aromatic nitrogens is 1. The van der Waals surface area contributed by atoms with Crippen LogP contribution in [0.4, 0.5) is 8.78 Å². The van der Waals surface area contributed by atoms with Gasteiger partial charge >= 0.3 is 5.97 Å². The van der Waals surface area contributed by atoms with Crippen molar-refractivity contribution in [2.45, 2.75) is 6.43 Å². The number of esters is 1. The molecular weight excluding hydrogens is 236 g/mol. The Morgan fingerprint density at radius 2 is 1.82 bits per heavy atom. The van der Waals surface area contributed by atoms with E-state index in [1.54, 1.807) is 0 Å². The molecule has 17 heavy (non-hydrogen) atoms. The van der Waals surface area contributed by atoms with Gasteiger partial charge in [-0.3, -0.25) is 4.98 Å². The third-order valence-corrected chi connectivity index (χ3v) is 2.04. The highest BCUT2D eigenvalue weighted by Gasteiger charge is 2.25. The van der Waals surface area contributed by atoms with Gasteiger partial charge < -0.3 is 14.2 Å². The van der Waals surface area contributed by atoms with Crippen molar-refractivity contribution in [2.24, 2.45) is 0 Å². The van der Waals surface area contributed by atoms with Gasteiger partial charge in [0.05, 0.1) is 21.3 Å². The fourth-order valence-electron chi connectivity index (χ4n) is 1.30. The van der Waals surface area contributed by atoms with Gasteiger partial charge in [-0.15, -0.1) is 0 Å². The summed E-state index contributed by atoms with van der Waals surface area (Å²) in [6.45, 7) is 0. The lowest BCUT2D eigenvalue weighted by Gasteiger charge is -2.13. The molecule has 0 fully saturated rings. The van der Waals surface area contributed by atoms with Crippen LogP contribution in [0.2, 0.25) is 0 Å². The maximum absolute atomic E-state index is 12.6. The maximum atomic E-state index is 12.6. The van der Waals surface area contributed by atoms with Crippen LogP contribution in [0.25, 0.3) is 0 Å². The second-order valence-corrected chi connectivity index (χ2v) is 2.92. The highest BCUT2D eigenvalue weighted by molar-refractivity contribution is 5.93. The second kappa shape index (κ2) is 5.42. The topological polar surface area (TPSA) is 57.7 Å². The molecular formula is C10H11F2NO4. The van der Waals surface area contributed by atoms with Crippen molar-refractivity contribution >= 4 is 5.97 Å². The Bertz CT molecular complexity index is 423. The first-order valence-electron chi connectivity index (χ1n) is 4.54. The lowest BCUT2D eigenvalue weighted by atomic mass is 10.2. The van der Waals surface area contributed by atoms with Gasteiger partial charge in [-0.1, -0.05) is 0 Å². The quantitative estimate of drug-likeness (QED) is 0.759. The van der Waals surface area contributed by atoms with Crippen LogP contribution in [0.1, 0.15) is 22.5 Å². The highest BCUT2D eigenvalue weighted by Crippen LogP contribution is 2.37. The first-order chi connectivity index (χ1) is 8.06. The van der Waals surface area contributed by atoms with Crippen LogP contribution in [-0.2, 0) is 4.74 Å².